The number of carbonyl (C=O) groups excluding carboxylic acids is 4. The maximum Gasteiger partial charge on any atom is 0.316 e. The molecule has 0 unspecified atom stereocenters. The standard InChI is InChI=1S/C28H30N2O6/c1-3-35-24-10-5-4-9-23(24)29-16-18(14-25(29)31)28(34)36-20-8-6-7-19(15-20)30-26(32)21-12-11-17(2)13-22(21)27(30)33/h4-10,15,17-18,21-22H,3,11-14,16H2,1-2H3/t17-,18+,21+,22-/m0/s1. The van der Waals surface area contributed by atoms with Crippen LogP contribution in [0.1, 0.15) is 39.5 Å². The number of hydrogen-bond acceptors (Lipinski definition) is 6. The number of ether oxygens (including phenoxy) is 2. The van der Waals surface area contributed by atoms with Crippen molar-refractivity contribution in [2.45, 2.75) is 39.5 Å². The van der Waals surface area contributed by atoms with Crippen LogP contribution in [0.3, 0.4) is 0 Å². The van der Waals surface area contributed by atoms with Gasteiger partial charge in [-0.2, -0.15) is 0 Å². The van der Waals surface area contributed by atoms with Gasteiger partial charge in [-0.25, -0.2) is 4.90 Å². The van der Waals surface area contributed by atoms with Gasteiger partial charge in [0.05, 0.1) is 35.7 Å². The van der Waals surface area contributed by atoms with Crippen LogP contribution in [0.2, 0.25) is 0 Å². The van der Waals surface area contributed by atoms with Gasteiger partial charge in [-0.05, 0) is 56.4 Å². The Morgan fingerprint density at radius 3 is 2.58 bits per heavy atom. The first-order valence-corrected chi connectivity index (χ1v) is 12.6. The zero-order chi connectivity index (χ0) is 25.4. The van der Waals surface area contributed by atoms with Gasteiger partial charge in [-0.15, -0.1) is 0 Å². The Bertz CT molecular complexity index is 1210. The molecule has 8 heteroatoms. The molecule has 2 aromatic carbocycles. The quantitative estimate of drug-likeness (QED) is 0.346. The van der Waals surface area contributed by atoms with Crippen LogP contribution in [0.5, 0.6) is 11.5 Å². The summed E-state index contributed by atoms with van der Waals surface area (Å²) in [7, 11) is 0. The van der Waals surface area contributed by atoms with Gasteiger partial charge in [-0.3, -0.25) is 19.2 Å². The van der Waals surface area contributed by atoms with Crippen LogP contribution in [-0.4, -0.2) is 36.8 Å². The summed E-state index contributed by atoms with van der Waals surface area (Å²) in [4.78, 5) is 54.6. The number of amides is 3. The lowest BCUT2D eigenvalue weighted by Crippen LogP contribution is -2.31. The molecular weight excluding hydrogens is 460 g/mol. The molecule has 3 fully saturated rings. The topological polar surface area (TPSA) is 93.2 Å². The van der Waals surface area contributed by atoms with E-state index in [1.807, 2.05) is 19.1 Å². The van der Waals surface area contributed by atoms with Crippen molar-refractivity contribution in [3.63, 3.8) is 0 Å². The van der Waals surface area contributed by atoms with E-state index in [1.54, 1.807) is 41.3 Å². The lowest BCUT2D eigenvalue weighted by molar-refractivity contribution is -0.139. The fourth-order valence-corrected chi connectivity index (χ4v) is 5.59. The Hall–Kier alpha value is -3.68. The summed E-state index contributed by atoms with van der Waals surface area (Å²) in [6.45, 7) is 4.63. The third-order valence-corrected chi connectivity index (χ3v) is 7.40. The molecule has 3 amide bonds. The Kier molecular flexibility index (Phi) is 6.51. The molecule has 0 radical (unpaired) electrons. The molecule has 0 aromatic heterocycles. The minimum atomic E-state index is -0.643. The maximum absolute atomic E-state index is 13.1. The van der Waals surface area contributed by atoms with Crippen LogP contribution < -0.4 is 19.3 Å². The van der Waals surface area contributed by atoms with E-state index in [-0.39, 0.29) is 48.3 Å². The third kappa shape index (κ3) is 4.36. The van der Waals surface area contributed by atoms with Gasteiger partial charge in [-0.1, -0.05) is 25.1 Å². The number of esters is 1. The van der Waals surface area contributed by atoms with Gasteiger partial charge in [0, 0.05) is 19.0 Å². The second-order valence-electron chi connectivity index (χ2n) is 9.87. The second kappa shape index (κ2) is 9.76. The van der Waals surface area contributed by atoms with Crippen molar-refractivity contribution in [2.24, 2.45) is 23.7 Å². The van der Waals surface area contributed by atoms with Crippen LogP contribution in [0.15, 0.2) is 48.5 Å². The molecule has 188 valence electrons. The van der Waals surface area contributed by atoms with Crippen LogP contribution >= 0.6 is 0 Å². The first kappa shape index (κ1) is 24.0. The Labute approximate surface area is 210 Å². The normalized spacial score (nSPS) is 25.8. The highest BCUT2D eigenvalue weighted by Crippen LogP contribution is 2.42. The fraction of sp³-hybridized carbons (Fsp3) is 0.429. The molecule has 2 saturated heterocycles. The van der Waals surface area contributed by atoms with Crippen molar-refractivity contribution in [1.82, 2.24) is 0 Å². The monoisotopic (exact) mass is 490 g/mol. The molecule has 4 atom stereocenters. The van der Waals surface area contributed by atoms with Gasteiger partial charge in [0.1, 0.15) is 11.5 Å². The van der Waals surface area contributed by atoms with Gasteiger partial charge in [0.15, 0.2) is 0 Å². The molecule has 2 heterocycles. The summed E-state index contributed by atoms with van der Waals surface area (Å²) in [5, 5.41) is 0. The zero-order valence-electron chi connectivity index (χ0n) is 20.5. The maximum atomic E-state index is 13.1. The predicted octanol–water partition coefficient (Wildman–Crippen LogP) is 3.97. The van der Waals surface area contributed by atoms with Crippen molar-refractivity contribution >= 4 is 35.1 Å². The number of imide groups is 1. The number of fused-ring (bicyclic) bond motifs is 1. The molecule has 0 N–H and O–H groups in total. The summed E-state index contributed by atoms with van der Waals surface area (Å²) in [6.07, 6.45) is 2.42. The zero-order valence-corrected chi connectivity index (χ0v) is 20.5. The molecule has 0 spiro atoms. The summed E-state index contributed by atoms with van der Waals surface area (Å²) >= 11 is 0. The molecule has 2 aliphatic heterocycles. The highest BCUT2D eigenvalue weighted by atomic mass is 16.5. The third-order valence-electron chi connectivity index (χ3n) is 7.40. The van der Waals surface area contributed by atoms with Crippen LogP contribution in [-0.2, 0) is 19.2 Å². The lowest BCUT2D eigenvalue weighted by atomic mass is 9.76. The van der Waals surface area contributed by atoms with E-state index >= 15 is 0 Å². The Morgan fingerprint density at radius 1 is 1.00 bits per heavy atom. The van der Waals surface area contributed by atoms with Crippen molar-refractivity contribution in [2.75, 3.05) is 23.0 Å². The smallest absolute Gasteiger partial charge is 0.316 e. The van der Waals surface area contributed by atoms with Crippen LogP contribution in [0.25, 0.3) is 0 Å². The summed E-state index contributed by atoms with van der Waals surface area (Å²) < 4.78 is 11.3. The first-order valence-electron chi connectivity index (χ1n) is 12.6. The molecule has 36 heavy (non-hydrogen) atoms. The average molecular weight is 491 g/mol. The number of benzene rings is 2. The summed E-state index contributed by atoms with van der Waals surface area (Å²) in [6, 6.07) is 13.7. The van der Waals surface area contributed by atoms with E-state index in [4.69, 9.17) is 9.47 Å². The minimum absolute atomic E-state index is 0.0314. The highest BCUT2D eigenvalue weighted by Gasteiger charge is 2.50. The van der Waals surface area contributed by atoms with Crippen molar-refractivity contribution in [1.29, 1.82) is 0 Å². The number of nitrogens with zero attached hydrogens (tertiary/aromatic N) is 2. The number of carbonyl (C=O) groups is 4. The Morgan fingerprint density at radius 2 is 1.78 bits per heavy atom. The van der Waals surface area contributed by atoms with Crippen LogP contribution in [0.4, 0.5) is 11.4 Å². The molecule has 8 nitrogen and oxygen atoms in total. The Balaban J connectivity index is 1.29. The summed E-state index contributed by atoms with van der Waals surface area (Å²) in [5.41, 5.74) is 1.04. The number of hydrogen-bond donors (Lipinski definition) is 0. The molecule has 2 aromatic rings. The van der Waals surface area contributed by atoms with Crippen LogP contribution in [0, 0.1) is 23.7 Å². The molecule has 1 aliphatic carbocycles. The van der Waals surface area contributed by atoms with E-state index in [9.17, 15) is 19.2 Å². The number of rotatable bonds is 6. The number of anilines is 2. The van der Waals surface area contributed by atoms with Gasteiger partial charge in [0.25, 0.3) is 0 Å². The second-order valence-corrected chi connectivity index (χ2v) is 9.87. The van der Waals surface area contributed by atoms with Gasteiger partial charge in [0.2, 0.25) is 17.7 Å². The predicted molar refractivity (Wildman–Crippen MR) is 133 cm³/mol. The molecule has 3 aliphatic rings. The minimum Gasteiger partial charge on any atom is -0.492 e. The van der Waals surface area contributed by atoms with E-state index < -0.39 is 11.9 Å². The van der Waals surface area contributed by atoms with E-state index in [2.05, 4.69) is 6.92 Å². The van der Waals surface area contributed by atoms with E-state index in [1.165, 1.54) is 4.90 Å². The largest absolute Gasteiger partial charge is 0.492 e. The molecule has 5 rings (SSSR count). The van der Waals surface area contributed by atoms with E-state index in [0.29, 0.717) is 29.6 Å². The average Bonchev–Trinajstić information content (AvgIpc) is 3.37. The summed E-state index contributed by atoms with van der Waals surface area (Å²) in [5.74, 6) is -0.999. The molecular formula is C28H30N2O6. The van der Waals surface area contributed by atoms with Gasteiger partial charge < -0.3 is 14.4 Å². The fourth-order valence-electron chi connectivity index (χ4n) is 5.59. The SMILES string of the molecule is CCOc1ccccc1N1C[C@H](C(=O)Oc2cccc(N3C(=O)[C@H]4C[C@@H](C)CC[C@H]4C3=O)c2)CC1=O. The van der Waals surface area contributed by atoms with Gasteiger partial charge >= 0.3 is 5.97 Å². The lowest BCUT2D eigenvalue weighted by Gasteiger charge is -2.25. The molecule has 0 bridgehead atoms. The van der Waals surface area contributed by atoms with E-state index in [0.717, 1.165) is 19.3 Å². The highest BCUT2D eigenvalue weighted by molar-refractivity contribution is 6.22. The first-order chi connectivity index (χ1) is 17.4. The van der Waals surface area contributed by atoms with Crippen molar-refractivity contribution in [3.8, 4) is 11.5 Å². The van der Waals surface area contributed by atoms with Crippen molar-refractivity contribution < 1.29 is 28.7 Å². The molecule has 1 saturated carbocycles. The van der Waals surface area contributed by atoms with Crippen molar-refractivity contribution in [3.05, 3.63) is 48.5 Å². The number of para-hydroxylation sites is 2.